The number of nitrogens with one attached hydrogen (secondary N) is 1. The van der Waals surface area contributed by atoms with Crippen LogP contribution in [0.2, 0.25) is 0 Å². The fourth-order valence-electron chi connectivity index (χ4n) is 2.69. The van der Waals surface area contributed by atoms with Crippen molar-refractivity contribution in [1.82, 2.24) is 9.97 Å². The third-order valence-electron chi connectivity index (χ3n) is 3.82. The number of nitrogens with zero attached hydrogens (tertiary/aromatic N) is 2. The van der Waals surface area contributed by atoms with E-state index in [1.807, 2.05) is 6.92 Å². The molecule has 5 heteroatoms. The standard InChI is InChI=1S/C14H22FN3O/c1-4-16-12-11(15)10(2)17-13(18-12)14(19-3)8-6-5-7-9-14/h4-9H2,1-3H3,(H,16,17,18). The number of rotatable bonds is 4. The minimum Gasteiger partial charge on any atom is -0.370 e. The molecular weight excluding hydrogens is 245 g/mol. The van der Waals surface area contributed by atoms with Gasteiger partial charge in [0.1, 0.15) is 5.60 Å². The molecule has 1 heterocycles. The summed E-state index contributed by atoms with van der Waals surface area (Å²) >= 11 is 0. The van der Waals surface area contributed by atoms with Crippen LogP contribution in [0.15, 0.2) is 0 Å². The summed E-state index contributed by atoms with van der Waals surface area (Å²) in [5, 5.41) is 2.96. The van der Waals surface area contributed by atoms with Crippen LogP contribution in [0.25, 0.3) is 0 Å². The number of hydrogen-bond donors (Lipinski definition) is 1. The van der Waals surface area contributed by atoms with Gasteiger partial charge in [0.05, 0.1) is 5.69 Å². The number of aromatic nitrogens is 2. The zero-order valence-electron chi connectivity index (χ0n) is 11.9. The van der Waals surface area contributed by atoms with Crippen LogP contribution < -0.4 is 5.32 Å². The first-order valence-corrected chi connectivity index (χ1v) is 6.96. The molecule has 1 aromatic heterocycles. The Morgan fingerprint density at radius 2 is 1.95 bits per heavy atom. The number of halogens is 1. The summed E-state index contributed by atoms with van der Waals surface area (Å²) in [5.74, 6) is 0.532. The predicted octanol–water partition coefficient (Wildman–Crippen LogP) is 3.16. The molecule has 4 nitrogen and oxygen atoms in total. The molecule has 1 saturated carbocycles. The summed E-state index contributed by atoms with van der Waals surface area (Å²) in [6.07, 6.45) is 5.22. The van der Waals surface area contributed by atoms with Crippen LogP contribution in [0.1, 0.15) is 50.5 Å². The minimum atomic E-state index is -0.444. The third-order valence-corrected chi connectivity index (χ3v) is 3.82. The maximum Gasteiger partial charge on any atom is 0.186 e. The van der Waals surface area contributed by atoms with Crippen LogP contribution in [0, 0.1) is 12.7 Å². The molecule has 0 unspecified atom stereocenters. The Bertz CT molecular complexity index is 445. The fourth-order valence-corrected chi connectivity index (χ4v) is 2.69. The van der Waals surface area contributed by atoms with Gasteiger partial charge in [-0.1, -0.05) is 19.3 Å². The molecule has 0 radical (unpaired) electrons. The molecule has 19 heavy (non-hydrogen) atoms. The highest BCUT2D eigenvalue weighted by molar-refractivity contribution is 5.38. The van der Waals surface area contributed by atoms with Gasteiger partial charge < -0.3 is 10.1 Å². The van der Waals surface area contributed by atoms with Crippen LogP contribution in [-0.2, 0) is 10.3 Å². The third kappa shape index (κ3) is 2.71. The minimum absolute atomic E-state index is 0.284. The van der Waals surface area contributed by atoms with Crippen molar-refractivity contribution in [2.24, 2.45) is 0 Å². The largest absolute Gasteiger partial charge is 0.370 e. The monoisotopic (exact) mass is 267 g/mol. The van der Waals surface area contributed by atoms with E-state index in [2.05, 4.69) is 15.3 Å². The van der Waals surface area contributed by atoms with Gasteiger partial charge in [0, 0.05) is 13.7 Å². The van der Waals surface area contributed by atoms with Gasteiger partial charge in [-0.15, -0.1) is 0 Å². The zero-order chi connectivity index (χ0) is 13.9. The molecule has 1 fully saturated rings. The lowest BCUT2D eigenvalue weighted by atomic mass is 9.84. The van der Waals surface area contributed by atoms with Crippen molar-refractivity contribution in [2.45, 2.75) is 51.6 Å². The van der Waals surface area contributed by atoms with Crippen LogP contribution in [0.3, 0.4) is 0 Å². The van der Waals surface area contributed by atoms with Crippen LogP contribution in [0.4, 0.5) is 10.2 Å². The van der Waals surface area contributed by atoms with Gasteiger partial charge >= 0.3 is 0 Å². The quantitative estimate of drug-likeness (QED) is 0.910. The number of hydrogen-bond acceptors (Lipinski definition) is 4. The Hall–Kier alpha value is -1.23. The average molecular weight is 267 g/mol. The van der Waals surface area contributed by atoms with E-state index in [1.165, 1.54) is 6.42 Å². The second-order valence-electron chi connectivity index (χ2n) is 5.08. The molecule has 0 spiro atoms. The summed E-state index contributed by atoms with van der Waals surface area (Å²) in [4.78, 5) is 8.70. The Balaban J connectivity index is 2.42. The fraction of sp³-hybridized carbons (Fsp3) is 0.714. The van der Waals surface area contributed by atoms with Gasteiger partial charge in [0.2, 0.25) is 0 Å². The molecule has 0 aliphatic heterocycles. The second-order valence-corrected chi connectivity index (χ2v) is 5.08. The van der Waals surface area contributed by atoms with Crippen molar-refractivity contribution in [3.05, 3.63) is 17.3 Å². The summed E-state index contributed by atoms with van der Waals surface area (Å²) in [7, 11) is 1.69. The van der Waals surface area contributed by atoms with Crippen LogP contribution >= 0.6 is 0 Å². The first kappa shape index (κ1) is 14.2. The first-order chi connectivity index (χ1) is 9.13. The van der Waals surface area contributed by atoms with Crippen molar-refractivity contribution in [3.8, 4) is 0 Å². The van der Waals surface area contributed by atoms with E-state index in [4.69, 9.17) is 4.74 Å². The van der Waals surface area contributed by atoms with Crippen molar-refractivity contribution in [1.29, 1.82) is 0 Å². The van der Waals surface area contributed by atoms with Crippen molar-refractivity contribution < 1.29 is 9.13 Å². The highest BCUT2D eigenvalue weighted by Gasteiger charge is 2.37. The normalized spacial score (nSPS) is 18.3. The molecule has 0 atom stereocenters. The van der Waals surface area contributed by atoms with Crippen molar-refractivity contribution in [3.63, 3.8) is 0 Å². The Morgan fingerprint density at radius 3 is 2.53 bits per heavy atom. The van der Waals surface area contributed by atoms with Gasteiger partial charge in [0.15, 0.2) is 17.5 Å². The molecule has 1 aliphatic carbocycles. The molecular formula is C14H22FN3O. The van der Waals surface area contributed by atoms with Crippen LogP contribution in [-0.4, -0.2) is 23.6 Å². The summed E-state index contributed by atoms with van der Waals surface area (Å²) in [6.45, 7) is 4.23. The molecule has 2 rings (SSSR count). The lowest BCUT2D eigenvalue weighted by Gasteiger charge is -2.34. The zero-order valence-corrected chi connectivity index (χ0v) is 11.9. The van der Waals surface area contributed by atoms with E-state index >= 15 is 0 Å². The molecule has 0 saturated heterocycles. The van der Waals surface area contributed by atoms with Gasteiger partial charge in [-0.05, 0) is 26.7 Å². The Labute approximate surface area is 113 Å². The SMILES string of the molecule is CCNc1nc(C2(OC)CCCCC2)nc(C)c1F. The number of methoxy groups -OCH3 is 1. The lowest BCUT2D eigenvalue weighted by molar-refractivity contribution is -0.0516. The molecule has 0 bridgehead atoms. The van der Waals surface area contributed by atoms with Gasteiger partial charge in [-0.2, -0.15) is 0 Å². The summed E-state index contributed by atoms with van der Waals surface area (Å²) in [5.41, 5.74) is -0.0658. The van der Waals surface area contributed by atoms with Crippen molar-refractivity contribution >= 4 is 5.82 Å². The van der Waals surface area contributed by atoms with E-state index in [9.17, 15) is 4.39 Å². The molecule has 106 valence electrons. The van der Waals surface area contributed by atoms with Gasteiger partial charge in [-0.3, -0.25) is 0 Å². The molecule has 0 amide bonds. The number of anilines is 1. The van der Waals surface area contributed by atoms with E-state index in [0.717, 1.165) is 25.7 Å². The van der Waals surface area contributed by atoms with E-state index in [0.29, 0.717) is 18.1 Å². The number of aryl methyl sites for hydroxylation is 1. The topological polar surface area (TPSA) is 47.0 Å². The predicted molar refractivity (Wildman–Crippen MR) is 72.7 cm³/mol. The van der Waals surface area contributed by atoms with E-state index in [1.54, 1.807) is 14.0 Å². The van der Waals surface area contributed by atoms with Crippen LogP contribution in [0.5, 0.6) is 0 Å². The van der Waals surface area contributed by atoms with Gasteiger partial charge in [-0.25, -0.2) is 14.4 Å². The molecule has 1 N–H and O–H groups in total. The van der Waals surface area contributed by atoms with E-state index < -0.39 is 5.60 Å². The van der Waals surface area contributed by atoms with E-state index in [-0.39, 0.29) is 11.6 Å². The maximum atomic E-state index is 13.9. The summed E-state index contributed by atoms with van der Waals surface area (Å²) in [6, 6.07) is 0. The molecule has 1 aliphatic rings. The summed E-state index contributed by atoms with van der Waals surface area (Å²) < 4.78 is 19.7. The average Bonchev–Trinajstić information content (AvgIpc) is 2.44. The first-order valence-electron chi connectivity index (χ1n) is 6.96. The Morgan fingerprint density at radius 1 is 1.26 bits per heavy atom. The van der Waals surface area contributed by atoms with Gasteiger partial charge in [0.25, 0.3) is 0 Å². The smallest absolute Gasteiger partial charge is 0.186 e. The highest BCUT2D eigenvalue weighted by Crippen LogP contribution is 2.39. The second kappa shape index (κ2) is 5.82. The molecule has 0 aromatic carbocycles. The Kier molecular flexibility index (Phi) is 4.34. The van der Waals surface area contributed by atoms with Crippen molar-refractivity contribution in [2.75, 3.05) is 19.0 Å². The highest BCUT2D eigenvalue weighted by atomic mass is 19.1. The number of ether oxygens (including phenoxy) is 1. The molecule has 1 aromatic rings. The lowest BCUT2D eigenvalue weighted by Crippen LogP contribution is -2.34. The maximum absolute atomic E-state index is 13.9.